The maximum Gasteiger partial charge on any atom is 0.151 e. The van der Waals surface area contributed by atoms with Crippen molar-refractivity contribution >= 4 is 23.3 Å². The number of amidine groups is 4. The summed E-state index contributed by atoms with van der Waals surface area (Å²) in [5, 5.41) is 3.68. The van der Waals surface area contributed by atoms with Gasteiger partial charge in [-0.25, -0.2) is 20.0 Å². The number of fused-ring (bicyclic) bond motifs is 20. The molecule has 0 aliphatic carbocycles. The number of aliphatic imine (C=N–C) groups is 4. The summed E-state index contributed by atoms with van der Waals surface area (Å²) in [4.78, 5) is 28.3. The Bertz CT molecular complexity index is 1950. The molecule has 9 rings (SSSR count). The van der Waals surface area contributed by atoms with Crippen molar-refractivity contribution in [1.29, 1.82) is 0 Å². The lowest BCUT2D eigenvalue weighted by Gasteiger charge is -2.26. The van der Waals surface area contributed by atoms with E-state index in [4.69, 9.17) is 20.0 Å². The standard InChI is InChI=1S/C35H30N8/c1-41-30-22-14-6-8-16-24(22)32(41)39-34-26-18-10-11-19-27(26)35(43(34)3)40-33-25-17-9-7-15-23(25)31(42(33)2)38-29-21-13-5-4-12-20(21)28(36-29)37-30/h4-19,28,31-32,35H,1-3H3,(H,36,38). The summed E-state index contributed by atoms with van der Waals surface area (Å²) in [6.45, 7) is 0. The molecule has 4 unspecified atom stereocenters. The van der Waals surface area contributed by atoms with Crippen LogP contribution in [0.1, 0.15) is 69.2 Å². The summed E-state index contributed by atoms with van der Waals surface area (Å²) in [6.07, 6.45) is -0.929. The topological polar surface area (TPSA) is 71.2 Å². The molecular weight excluding hydrogens is 532 g/mol. The van der Waals surface area contributed by atoms with Crippen molar-refractivity contribution in [3.05, 3.63) is 142 Å². The Morgan fingerprint density at radius 1 is 0.442 bits per heavy atom. The average Bonchev–Trinajstić information content (AvgIpc) is 3.69. The first-order valence-electron chi connectivity index (χ1n) is 14.7. The minimum atomic E-state index is -0.269. The van der Waals surface area contributed by atoms with Crippen molar-refractivity contribution in [3.8, 4) is 0 Å². The van der Waals surface area contributed by atoms with E-state index in [9.17, 15) is 0 Å². The van der Waals surface area contributed by atoms with Gasteiger partial charge in [0.2, 0.25) is 0 Å². The monoisotopic (exact) mass is 562 g/mol. The molecule has 8 nitrogen and oxygen atoms in total. The minimum Gasteiger partial charge on any atom is -0.344 e. The molecule has 5 aliphatic heterocycles. The lowest BCUT2D eigenvalue weighted by Crippen LogP contribution is -2.31. The molecular formula is C35H30N8. The summed E-state index contributed by atoms with van der Waals surface area (Å²) < 4.78 is 0. The van der Waals surface area contributed by atoms with E-state index >= 15 is 0 Å². The summed E-state index contributed by atoms with van der Waals surface area (Å²) >= 11 is 0. The van der Waals surface area contributed by atoms with Gasteiger partial charge in [-0.15, -0.1) is 0 Å². The predicted octanol–water partition coefficient (Wildman–Crippen LogP) is 5.22. The Hall–Kier alpha value is -5.24. The van der Waals surface area contributed by atoms with E-state index in [0.717, 1.165) is 67.9 Å². The Labute approximate surface area is 250 Å². The van der Waals surface area contributed by atoms with Crippen LogP contribution in [0.5, 0.6) is 0 Å². The van der Waals surface area contributed by atoms with Crippen LogP contribution in [0.4, 0.5) is 0 Å². The Morgan fingerprint density at radius 2 is 0.814 bits per heavy atom. The SMILES string of the molecule is CN1C2=NC3c4ccccc4C(=NC4c5ccccc5C(=NC5NC(=NC1c1ccccc12)c1ccccc15)N4C)N3C. The smallest absolute Gasteiger partial charge is 0.151 e. The number of nitrogens with zero attached hydrogens (tertiary/aromatic N) is 7. The first kappa shape index (κ1) is 24.4. The van der Waals surface area contributed by atoms with E-state index in [2.05, 4.69) is 138 Å². The fraction of sp³-hybridized carbons (Fsp3) is 0.200. The summed E-state index contributed by atoms with van der Waals surface area (Å²) in [5.74, 6) is 3.62. The van der Waals surface area contributed by atoms with Gasteiger partial charge in [-0.05, 0) is 0 Å². The third-order valence-corrected chi connectivity index (χ3v) is 9.32. The summed E-state index contributed by atoms with van der Waals surface area (Å²) in [6, 6.07) is 33.9. The van der Waals surface area contributed by atoms with Gasteiger partial charge in [-0.1, -0.05) is 97.1 Å². The van der Waals surface area contributed by atoms with E-state index in [-0.39, 0.29) is 24.7 Å². The molecule has 5 heterocycles. The molecule has 4 atom stereocenters. The van der Waals surface area contributed by atoms with Crippen LogP contribution in [0, 0.1) is 0 Å². The maximum atomic E-state index is 5.46. The quantitative estimate of drug-likeness (QED) is 0.319. The Morgan fingerprint density at radius 3 is 1.30 bits per heavy atom. The highest BCUT2D eigenvalue weighted by molar-refractivity contribution is 6.09. The van der Waals surface area contributed by atoms with Crippen molar-refractivity contribution < 1.29 is 0 Å². The van der Waals surface area contributed by atoms with Gasteiger partial charge in [0.25, 0.3) is 0 Å². The fourth-order valence-electron chi connectivity index (χ4n) is 7.19. The third kappa shape index (κ3) is 3.37. The molecule has 8 heteroatoms. The highest BCUT2D eigenvalue weighted by atomic mass is 15.4. The van der Waals surface area contributed by atoms with Gasteiger partial charge in [0.05, 0.1) is 0 Å². The predicted molar refractivity (Wildman–Crippen MR) is 169 cm³/mol. The Balaban J connectivity index is 1.33. The molecule has 5 aliphatic rings. The second-order valence-corrected chi connectivity index (χ2v) is 11.7. The van der Waals surface area contributed by atoms with Crippen molar-refractivity contribution in [3.63, 3.8) is 0 Å². The molecule has 210 valence electrons. The largest absolute Gasteiger partial charge is 0.344 e. The van der Waals surface area contributed by atoms with E-state index in [1.165, 1.54) is 0 Å². The van der Waals surface area contributed by atoms with Gasteiger partial charge in [0.15, 0.2) is 18.5 Å². The molecule has 0 radical (unpaired) electrons. The van der Waals surface area contributed by atoms with E-state index < -0.39 is 0 Å². The molecule has 4 aromatic carbocycles. The second-order valence-electron chi connectivity index (χ2n) is 11.7. The van der Waals surface area contributed by atoms with Crippen molar-refractivity contribution in [2.45, 2.75) is 24.7 Å². The van der Waals surface area contributed by atoms with Crippen LogP contribution in [0.2, 0.25) is 0 Å². The molecule has 0 spiro atoms. The summed E-state index contributed by atoms with van der Waals surface area (Å²) in [7, 11) is 6.29. The number of hydrogen-bond acceptors (Lipinski definition) is 8. The molecule has 0 aromatic heterocycles. The molecule has 1 N–H and O–H groups in total. The third-order valence-electron chi connectivity index (χ3n) is 9.32. The zero-order valence-corrected chi connectivity index (χ0v) is 24.2. The Kier molecular flexibility index (Phi) is 5.03. The lowest BCUT2D eigenvalue weighted by atomic mass is 10.1. The van der Waals surface area contributed by atoms with Crippen LogP contribution in [0.15, 0.2) is 117 Å². The molecule has 4 aromatic rings. The van der Waals surface area contributed by atoms with Crippen molar-refractivity contribution in [1.82, 2.24) is 20.0 Å². The molecule has 0 fully saturated rings. The maximum absolute atomic E-state index is 5.46. The highest BCUT2D eigenvalue weighted by Crippen LogP contribution is 2.42. The molecule has 0 saturated carbocycles. The zero-order valence-electron chi connectivity index (χ0n) is 24.2. The van der Waals surface area contributed by atoms with E-state index in [1.54, 1.807) is 0 Å². The van der Waals surface area contributed by atoms with E-state index in [1.807, 2.05) is 0 Å². The summed E-state index contributed by atoms with van der Waals surface area (Å²) in [5.41, 5.74) is 8.96. The van der Waals surface area contributed by atoms with Gasteiger partial charge in [0.1, 0.15) is 29.5 Å². The van der Waals surface area contributed by atoms with Crippen LogP contribution < -0.4 is 5.32 Å². The van der Waals surface area contributed by atoms with Crippen molar-refractivity contribution in [2.75, 3.05) is 21.1 Å². The van der Waals surface area contributed by atoms with Crippen LogP contribution >= 0.6 is 0 Å². The minimum absolute atomic E-state index is 0.218. The molecule has 8 bridgehead atoms. The normalized spacial score (nSPS) is 24.3. The molecule has 0 saturated heterocycles. The zero-order chi connectivity index (χ0) is 28.8. The van der Waals surface area contributed by atoms with Crippen molar-refractivity contribution in [2.24, 2.45) is 20.0 Å². The van der Waals surface area contributed by atoms with Gasteiger partial charge in [-0.2, -0.15) is 0 Å². The molecule has 0 amide bonds. The van der Waals surface area contributed by atoms with Gasteiger partial charge < -0.3 is 20.0 Å². The first-order valence-corrected chi connectivity index (χ1v) is 14.7. The van der Waals surface area contributed by atoms with Crippen LogP contribution in [0.25, 0.3) is 0 Å². The number of hydrogen-bond donors (Lipinski definition) is 1. The van der Waals surface area contributed by atoms with Crippen LogP contribution in [-0.4, -0.2) is 59.2 Å². The van der Waals surface area contributed by atoms with Gasteiger partial charge in [0, 0.05) is 65.7 Å². The number of rotatable bonds is 0. The van der Waals surface area contributed by atoms with Gasteiger partial charge in [-0.3, -0.25) is 0 Å². The number of benzene rings is 4. The van der Waals surface area contributed by atoms with Crippen LogP contribution in [0.3, 0.4) is 0 Å². The van der Waals surface area contributed by atoms with Crippen LogP contribution in [-0.2, 0) is 0 Å². The highest BCUT2D eigenvalue weighted by Gasteiger charge is 2.41. The first-order chi connectivity index (χ1) is 21.1. The number of nitrogens with one attached hydrogen (secondary N) is 1. The lowest BCUT2D eigenvalue weighted by molar-refractivity contribution is 0.367. The fourth-order valence-corrected chi connectivity index (χ4v) is 7.19. The molecule has 43 heavy (non-hydrogen) atoms. The second kappa shape index (κ2) is 8.88. The average molecular weight is 563 g/mol. The van der Waals surface area contributed by atoms with E-state index in [0.29, 0.717) is 0 Å². The van der Waals surface area contributed by atoms with Gasteiger partial charge >= 0.3 is 0 Å².